The van der Waals surface area contributed by atoms with Crippen LogP contribution in [-0.4, -0.2) is 47.4 Å². The van der Waals surface area contributed by atoms with Gasteiger partial charge in [0.1, 0.15) is 6.04 Å². The van der Waals surface area contributed by atoms with Gasteiger partial charge in [-0.2, -0.15) is 0 Å². The average Bonchev–Trinajstić information content (AvgIpc) is 2.37. The SMILES string of the molecule is NCCCCC(NC(=O)CCNC(=O)CBr)C(=O)O. The van der Waals surface area contributed by atoms with E-state index in [4.69, 9.17) is 10.8 Å². The van der Waals surface area contributed by atoms with Crippen molar-refractivity contribution in [2.45, 2.75) is 31.7 Å². The molecule has 0 aromatic rings. The molecule has 5 N–H and O–H groups in total. The number of carbonyl (C=O) groups is 3. The van der Waals surface area contributed by atoms with Crippen molar-refractivity contribution >= 4 is 33.7 Å². The van der Waals surface area contributed by atoms with E-state index in [1.807, 2.05) is 0 Å². The smallest absolute Gasteiger partial charge is 0.326 e. The van der Waals surface area contributed by atoms with Gasteiger partial charge in [-0.15, -0.1) is 0 Å². The highest BCUT2D eigenvalue weighted by atomic mass is 79.9. The molecule has 8 heteroatoms. The summed E-state index contributed by atoms with van der Waals surface area (Å²) in [5, 5.41) is 14.1. The van der Waals surface area contributed by atoms with Crippen LogP contribution in [0.25, 0.3) is 0 Å². The fourth-order valence-electron chi connectivity index (χ4n) is 1.38. The second-order valence-electron chi connectivity index (χ2n) is 3.98. The summed E-state index contributed by atoms with van der Waals surface area (Å²) in [5.41, 5.74) is 5.32. The van der Waals surface area contributed by atoms with E-state index in [1.54, 1.807) is 0 Å². The second-order valence-corrected chi connectivity index (χ2v) is 4.54. The number of carbonyl (C=O) groups excluding carboxylic acids is 2. The second kappa shape index (κ2) is 10.7. The summed E-state index contributed by atoms with van der Waals surface area (Å²) < 4.78 is 0. The van der Waals surface area contributed by atoms with E-state index in [0.29, 0.717) is 19.4 Å². The van der Waals surface area contributed by atoms with Crippen molar-refractivity contribution in [1.29, 1.82) is 0 Å². The number of carboxylic acid groups (broad SMARTS) is 1. The first kappa shape index (κ1) is 17.8. The number of alkyl halides is 1. The van der Waals surface area contributed by atoms with Crippen LogP contribution >= 0.6 is 15.9 Å². The van der Waals surface area contributed by atoms with Crippen LogP contribution in [0, 0.1) is 0 Å². The maximum Gasteiger partial charge on any atom is 0.326 e. The van der Waals surface area contributed by atoms with Crippen LogP contribution in [0.2, 0.25) is 0 Å². The normalized spacial score (nSPS) is 11.7. The van der Waals surface area contributed by atoms with E-state index < -0.39 is 17.9 Å². The Labute approximate surface area is 120 Å². The molecule has 0 heterocycles. The molecule has 0 aliphatic heterocycles. The molecule has 2 amide bonds. The molecule has 0 aliphatic rings. The summed E-state index contributed by atoms with van der Waals surface area (Å²) in [6, 6.07) is -0.897. The van der Waals surface area contributed by atoms with Gasteiger partial charge in [0.05, 0.1) is 5.33 Å². The lowest BCUT2D eigenvalue weighted by atomic mass is 10.1. The minimum atomic E-state index is -1.06. The lowest BCUT2D eigenvalue weighted by Gasteiger charge is -2.14. The first-order valence-corrected chi connectivity index (χ1v) is 7.18. The number of rotatable bonds is 10. The van der Waals surface area contributed by atoms with Crippen LogP contribution in [0.4, 0.5) is 0 Å². The topological polar surface area (TPSA) is 122 Å². The summed E-state index contributed by atoms with van der Waals surface area (Å²) in [4.78, 5) is 33.3. The van der Waals surface area contributed by atoms with E-state index in [1.165, 1.54) is 0 Å². The van der Waals surface area contributed by atoms with Crippen LogP contribution in [0.15, 0.2) is 0 Å². The highest BCUT2D eigenvalue weighted by Crippen LogP contribution is 2.01. The third-order valence-electron chi connectivity index (χ3n) is 2.38. The number of hydrogen-bond acceptors (Lipinski definition) is 4. The third kappa shape index (κ3) is 9.43. The van der Waals surface area contributed by atoms with Gasteiger partial charge in [-0.25, -0.2) is 4.79 Å². The fraction of sp³-hybridized carbons (Fsp3) is 0.727. The van der Waals surface area contributed by atoms with E-state index in [0.717, 1.165) is 6.42 Å². The summed E-state index contributed by atoms with van der Waals surface area (Å²) in [5.74, 6) is -1.67. The molecule has 0 aromatic carbocycles. The maximum atomic E-state index is 11.5. The molecule has 0 radical (unpaired) electrons. The summed E-state index contributed by atoms with van der Waals surface area (Å²) >= 11 is 2.98. The van der Waals surface area contributed by atoms with Gasteiger partial charge in [0.25, 0.3) is 0 Å². The Morgan fingerprint density at radius 1 is 1.21 bits per heavy atom. The Kier molecular flexibility index (Phi) is 10.1. The molecule has 1 unspecified atom stereocenters. The highest BCUT2D eigenvalue weighted by Gasteiger charge is 2.18. The van der Waals surface area contributed by atoms with Gasteiger partial charge in [-0.1, -0.05) is 15.9 Å². The maximum absolute atomic E-state index is 11.5. The largest absolute Gasteiger partial charge is 0.480 e. The predicted octanol–water partition coefficient (Wildman–Crippen LogP) is -0.414. The van der Waals surface area contributed by atoms with Crippen molar-refractivity contribution in [3.8, 4) is 0 Å². The molecular weight excluding hydrogens is 318 g/mol. The molecule has 0 bridgehead atoms. The van der Waals surface area contributed by atoms with Crippen LogP contribution in [0.3, 0.4) is 0 Å². The Morgan fingerprint density at radius 2 is 1.89 bits per heavy atom. The quantitative estimate of drug-likeness (QED) is 0.319. The summed E-state index contributed by atoms with van der Waals surface area (Å²) in [7, 11) is 0. The number of unbranched alkanes of at least 4 members (excludes halogenated alkanes) is 1. The Bertz CT molecular complexity index is 312. The van der Waals surface area contributed by atoms with E-state index >= 15 is 0 Å². The van der Waals surface area contributed by atoms with Gasteiger partial charge in [-0.05, 0) is 25.8 Å². The Hall–Kier alpha value is -1.15. The molecule has 0 saturated heterocycles. The first-order valence-electron chi connectivity index (χ1n) is 6.06. The monoisotopic (exact) mass is 337 g/mol. The zero-order valence-electron chi connectivity index (χ0n) is 10.7. The third-order valence-corrected chi connectivity index (χ3v) is 2.89. The molecule has 110 valence electrons. The van der Waals surface area contributed by atoms with E-state index in [2.05, 4.69) is 26.6 Å². The highest BCUT2D eigenvalue weighted by molar-refractivity contribution is 9.09. The Morgan fingerprint density at radius 3 is 2.42 bits per heavy atom. The number of carboxylic acids is 1. The summed E-state index contributed by atoms with van der Waals surface area (Å²) in [6.45, 7) is 0.685. The van der Waals surface area contributed by atoms with E-state index in [-0.39, 0.29) is 24.2 Å². The van der Waals surface area contributed by atoms with Crippen LogP contribution in [0.5, 0.6) is 0 Å². The molecule has 0 saturated carbocycles. The zero-order valence-corrected chi connectivity index (χ0v) is 12.2. The molecule has 0 spiro atoms. The number of nitrogens with two attached hydrogens (primary N) is 1. The number of aliphatic carboxylic acids is 1. The molecule has 7 nitrogen and oxygen atoms in total. The molecule has 0 aliphatic carbocycles. The van der Waals surface area contributed by atoms with Gasteiger partial charge < -0.3 is 21.5 Å². The standard InChI is InChI=1S/C11H20BrN3O4/c12-7-10(17)14-6-4-9(16)15-8(11(18)19)3-1-2-5-13/h8H,1-7,13H2,(H,14,17)(H,15,16)(H,18,19). The number of halogens is 1. The average molecular weight is 338 g/mol. The van der Waals surface area contributed by atoms with Crippen LogP contribution < -0.4 is 16.4 Å². The molecule has 19 heavy (non-hydrogen) atoms. The Balaban J connectivity index is 3.96. The van der Waals surface area contributed by atoms with Gasteiger partial charge in [0, 0.05) is 13.0 Å². The van der Waals surface area contributed by atoms with Crippen LogP contribution in [-0.2, 0) is 14.4 Å². The lowest BCUT2D eigenvalue weighted by molar-refractivity contribution is -0.142. The van der Waals surface area contributed by atoms with Crippen molar-refractivity contribution in [3.05, 3.63) is 0 Å². The van der Waals surface area contributed by atoms with Gasteiger partial charge in [-0.3, -0.25) is 9.59 Å². The van der Waals surface area contributed by atoms with Crippen LogP contribution in [0.1, 0.15) is 25.7 Å². The molecule has 0 fully saturated rings. The molecule has 0 rings (SSSR count). The minimum Gasteiger partial charge on any atom is -0.480 e. The molecule has 1 atom stereocenters. The van der Waals surface area contributed by atoms with Crippen molar-refractivity contribution < 1.29 is 19.5 Å². The first-order chi connectivity index (χ1) is 9.01. The van der Waals surface area contributed by atoms with E-state index in [9.17, 15) is 14.4 Å². The number of nitrogens with one attached hydrogen (secondary N) is 2. The summed E-state index contributed by atoms with van der Waals surface area (Å²) in [6.07, 6.45) is 1.78. The van der Waals surface area contributed by atoms with Crippen molar-refractivity contribution in [3.63, 3.8) is 0 Å². The van der Waals surface area contributed by atoms with Gasteiger partial charge in [0.15, 0.2) is 0 Å². The molecule has 0 aromatic heterocycles. The van der Waals surface area contributed by atoms with Gasteiger partial charge >= 0.3 is 5.97 Å². The fourth-order valence-corrected chi connectivity index (χ4v) is 1.58. The number of amides is 2. The van der Waals surface area contributed by atoms with Gasteiger partial charge in [0.2, 0.25) is 11.8 Å². The lowest BCUT2D eigenvalue weighted by Crippen LogP contribution is -2.42. The zero-order chi connectivity index (χ0) is 14.7. The minimum absolute atomic E-state index is 0.0550. The predicted molar refractivity (Wildman–Crippen MR) is 73.9 cm³/mol. The van der Waals surface area contributed by atoms with Crippen molar-refractivity contribution in [2.75, 3.05) is 18.4 Å². The molecular formula is C11H20BrN3O4. The number of hydrogen-bond donors (Lipinski definition) is 4. The van der Waals surface area contributed by atoms with Crippen molar-refractivity contribution in [1.82, 2.24) is 10.6 Å². The van der Waals surface area contributed by atoms with Crippen molar-refractivity contribution in [2.24, 2.45) is 5.73 Å².